The van der Waals surface area contributed by atoms with Gasteiger partial charge in [0.25, 0.3) is 0 Å². The minimum absolute atomic E-state index is 0.241. The zero-order valence-electron chi connectivity index (χ0n) is 12.3. The van der Waals surface area contributed by atoms with Gasteiger partial charge in [0.05, 0.1) is 12.7 Å². The summed E-state index contributed by atoms with van der Waals surface area (Å²) in [5.41, 5.74) is 7.82. The van der Waals surface area contributed by atoms with E-state index in [1.807, 2.05) is 25.1 Å². The van der Waals surface area contributed by atoms with Crippen molar-refractivity contribution in [3.05, 3.63) is 23.8 Å². The number of nitrogens with two attached hydrogens (primary N) is 1. The zero-order chi connectivity index (χ0) is 14.8. The highest BCUT2D eigenvalue weighted by atomic mass is 16.5. The number of nitrogens with zero attached hydrogens (tertiary/aromatic N) is 4. The molecule has 0 bridgehead atoms. The number of anilines is 2. The average Bonchev–Trinajstić information content (AvgIpc) is 3.01. The lowest BCUT2D eigenvalue weighted by Gasteiger charge is -2.16. The molecule has 1 aromatic carbocycles. The Labute approximate surface area is 124 Å². The van der Waals surface area contributed by atoms with Crippen LogP contribution in [0.1, 0.15) is 18.4 Å². The second kappa shape index (κ2) is 5.55. The van der Waals surface area contributed by atoms with Crippen molar-refractivity contribution in [1.29, 1.82) is 0 Å². The maximum atomic E-state index is 5.86. The van der Waals surface area contributed by atoms with E-state index in [0.29, 0.717) is 11.8 Å². The topological polar surface area (TPSA) is 77.2 Å². The summed E-state index contributed by atoms with van der Waals surface area (Å²) in [6.07, 6.45) is 2.32. The monoisotopic (exact) mass is 285 g/mol. The van der Waals surface area contributed by atoms with Crippen LogP contribution >= 0.6 is 0 Å². The molecule has 3 rings (SSSR count). The van der Waals surface area contributed by atoms with Gasteiger partial charge in [-0.05, 0) is 31.9 Å². The minimum atomic E-state index is 0.241. The number of benzene rings is 1. The molecule has 1 aliphatic heterocycles. The molecule has 0 spiro atoms. The molecule has 110 valence electrons. The molecule has 0 atom stereocenters. The van der Waals surface area contributed by atoms with Gasteiger partial charge < -0.3 is 15.4 Å². The van der Waals surface area contributed by atoms with E-state index >= 15 is 0 Å². The number of aromatic nitrogens is 3. The van der Waals surface area contributed by atoms with Crippen molar-refractivity contribution in [1.82, 2.24) is 15.0 Å². The predicted octanol–water partition coefficient (Wildman–Crippen LogP) is 2.04. The Morgan fingerprint density at radius 1 is 1.14 bits per heavy atom. The van der Waals surface area contributed by atoms with E-state index < -0.39 is 0 Å². The molecule has 0 aliphatic carbocycles. The van der Waals surface area contributed by atoms with Crippen molar-refractivity contribution in [2.45, 2.75) is 19.8 Å². The van der Waals surface area contributed by atoms with E-state index in [-0.39, 0.29) is 5.95 Å². The van der Waals surface area contributed by atoms with Crippen molar-refractivity contribution in [2.75, 3.05) is 30.8 Å². The fraction of sp³-hybridized carbons (Fsp3) is 0.400. The molecule has 6 heteroatoms. The third-order valence-corrected chi connectivity index (χ3v) is 3.63. The molecule has 6 nitrogen and oxygen atoms in total. The first kappa shape index (κ1) is 13.6. The van der Waals surface area contributed by atoms with Gasteiger partial charge >= 0.3 is 0 Å². The molecule has 1 saturated heterocycles. The summed E-state index contributed by atoms with van der Waals surface area (Å²) in [6, 6.07) is 5.91. The van der Waals surface area contributed by atoms with Crippen LogP contribution in [0, 0.1) is 6.92 Å². The van der Waals surface area contributed by atoms with Crippen LogP contribution in [0.3, 0.4) is 0 Å². The third-order valence-electron chi connectivity index (χ3n) is 3.63. The van der Waals surface area contributed by atoms with Crippen molar-refractivity contribution in [2.24, 2.45) is 0 Å². The highest BCUT2D eigenvalue weighted by Crippen LogP contribution is 2.30. The summed E-state index contributed by atoms with van der Waals surface area (Å²) in [4.78, 5) is 15.3. The number of methoxy groups -OCH3 is 1. The molecule has 0 radical (unpaired) electrons. The molecule has 1 aromatic heterocycles. The first-order chi connectivity index (χ1) is 10.2. The number of hydrogen-bond acceptors (Lipinski definition) is 6. The largest absolute Gasteiger partial charge is 0.496 e. The van der Waals surface area contributed by atoms with Crippen molar-refractivity contribution < 1.29 is 4.74 Å². The van der Waals surface area contributed by atoms with Gasteiger partial charge in [0.15, 0.2) is 5.82 Å². The van der Waals surface area contributed by atoms with Gasteiger partial charge in [0.1, 0.15) is 5.75 Å². The van der Waals surface area contributed by atoms with E-state index in [4.69, 9.17) is 10.5 Å². The number of nitrogen functional groups attached to an aromatic ring is 1. The Kier molecular flexibility index (Phi) is 3.60. The number of aryl methyl sites for hydroxylation is 1. The Bertz CT molecular complexity index is 653. The highest BCUT2D eigenvalue weighted by Gasteiger charge is 2.18. The molecule has 2 N–H and O–H groups in total. The maximum Gasteiger partial charge on any atom is 0.230 e. The van der Waals surface area contributed by atoms with Crippen LogP contribution < -0.4 is 15.4 Å². The quantitative estimate of drug-likeness (QED) is 0.930. The van der Waals surface area contributed by atoms with Gasteiger partial charge in [-0.15, -0.1) is 0 Å². The second-order valence-corrected chi connectivity index (χ2v) is 5.22. The molecule has 0 saturated carbocycles. The van der Waals surface area contributed by atoms with Crippen LogP contribution in [0.4, 0.5) is 11.9 Å². The summed E-state index contributed by atoms with van der Waals surface area (Å²) in [6.45, 7) is 3.95. The Morgan fingerprint density at radius 3 is 2.62 bits per heavy atom. The summed E-state index contributed by atoms with van der Waals surface area (Å²) < 4.78 is 5.41. The van der Waals surface area contributed by atoms with Crippen LogP contribution in [0.15, 0.2) is 18.2 Å². The molecular weight excluding hydrogens is 266 g/mol. The van der Waals surface area contributed by atoms with Crippen LogP contribution in [0.2, 0.25) is 0 Å². The number of ether oxygens (including phenoxy) is 1. The van der Waals surface area contributed by atoms with Crippen LogP contribution in [-0.2, 0) is 0 Å². The van der Waals surface area contributed by atoms with E-state index in [9.17, 15) is 0 Å². The van der Waals surface area contributed by atoms with Gasteiger partial charge in [-0.1, -0.05) is 11.6 Å². The fourth-order valence-electron chi connectivity index (χ4n) is 2.56. The molecule has 1 aliphatic rings. The van der Waals surface area contributed by atoms with Crippen LogP contribution in [-0.4, -0.2) is 35.2 Å². The molecule has 1 fully saturated rings. The highest BCUT2D eigenvalue weighted by molar-refractivity contribution is 5.66. The average molecular weight is 285 g/mol. The van der Waals surface area contributed by atoms with E-state index in [2.05, 4.69) is 19.9 Å². The fourth-order valence-corrected chi connectivity index (χ4v) is 2.56. The van der Waals surface area contributed by atoms with Gasteiger partial charge in [0, 0.05) is 13.1 Å². The summed E-state index contributed by atoms with van der Waals surface area (Å²) in [5, 5.41) is 0. The van der Waals surface area contributed by atoms with Crippen LogP contribution in [0.25, 0.3) is 11.4 Å². The van der Waals surface area contributed by atoms with Gasteiger partial charge in [-0.2, -0.15) is 15.0 Å². The molecule has 21 heavy (non-hydrogen) atoms. The van der Waals surface area contributed by atoms with Gasteiger partial charge in [-0.25, -0.2) is 0 Å². The lowest BCUT2D eigenvalue weighted by atomic mass is 10.1. The van der Waals surface area contributed by atoms with Crippen LogP contribution in [0.5, 0.6) is 5.75 Å². The van der Waals surface area contributed by atoms with Gasteiger partial charge in [-0.3, -0.25) is 0 Å². The van der Waals surface area contributed by atoms with E-state index in [1.54, 1.807) is 7.11 Å². The standard InChI is InChI=1S/C15H19N5O/c1-10-5-6-12(21-2)11(9-10)13-17-14(16)19-15(18-13)20-7-3-4-8-20/h5-6,9H,3-4,7-8H2,1-2H3,(H2,16,17,18,19). The number of rotatable bonds is 3. The van der Waals surface area contributed by atoms with E-state index in [1.165, 1.54) is 0 Å². The second-order valence-electron chi connectivity index (χ2n) is 5.22. The maximum absolute atomic E-state index is 5.86. The molecule has 2 aromatic rings. The normalized spacial score (nSPS) is 14.5. The Morgan fingerprint density at radius 2 is 1.90 bits per heavy atom. The zero-order valence-corrected chi connectivity index (χ0v) is 12.3. The third kappa shape index (κ3) is 2.74. The van der Waals surface area contributed by atoms with Crippen molar-refractivity contribution >= 4 is 11.9 Å². The Balaban J connectivity index is 2.07. The first-order valence-electron chi connectivity index (χ1n) is 7.09. The summed E-state index contributed by atoms with van der Waals surface area (Å²) in [7, 11) is 1.64. The molecule has 2 heterocycles. The van der Waals surface area contributed by atoms with Crippen molar-refractivity contribution in [3.8, 4) is 17.1 Å². The minimum Gasteiger partial charge on any atom is -0.496 e. The first-order valence-corrected chi connectivity index (χ1v) is 7.09. The smallest absolute Gasteiger partial charge is 0.230 e. The Hall–Kier alpha value is -2.37. The SMILES string of the molecule is COc1ccc(C)cc1-c1nc(N)nc(N2CCCC2)n1. The lowest BCUT2D eigenvalue weighted by molar-refractivity contribution is 0.416. The molecular formula is C15H19N5O. The van der Waals surface area contributed by atoms with Crippen molar-refractivity contribution in [3.63, 3.8) is 0 Å². The predicted molar refractivity (Wildman–Crippen MR) is 82.4 cm³/mol. The molecule has 0 unspecified atom stereocenters. The van der Waals surface area contributed by atoms with Gasteiger partial charge in [0.2, 0.25) is 11.9 Å². The molecule has 0 amide bonds. The summed E-state index contributed by atoms with van der Waals surface area (Å²) >= 11 is 0. The van der Waals surface area contributed by atoms with E-state index in [0.717, 1.165) is 42.8 Å². The lowest BCUT2D eigenvalue weighted by Crippen LogP contribution is -2.21. The number of hydrogen-bond donors (Lipinski definition) is 1. The summed E-state index contributed by atoms with van der Waals surface area (Å²) in [5.74, 6) is 2.19.